The van der Waals surface area contributed by atoms with Crippen molar-refractivity contribution >= 4 is 16.0 Å². The van der Waals surface area contributed by atoms with Gasteiger partial charge in [0.15, 0.2) is 0 Å². The summed E-state index contributed by atoms with van der Waals surface area (Å²) in [6.45, 7) is 3.22. The molecule has 3 rings (SSSR count). The summed E-state index contributed by atoms with van der Waals surface area (Å²) in [5.74, 6) is 0.640. The van der Waals surface area contributed by atoms with Crippen LogP contribution in [0.4, 0.5) is 5.95 Å². The predicted octanol–water partition coefficient (Wildman–Crippen LogP) is 1.62. The van der Waals surface area contributed by atoms with Gasteiger partial charge in [-0.05, 0) is 38.7 Å². The maximum atomic E-state index is 12.6. The number of nitrogens with zero attached hydrogens (tertiary/aromatic N) is 3. The first-order valence-corrected chi connectivity index (χ1v) is 9.65. The van der Waals surface area contributed by atoms with Gasteiger partial charge in [-0.15, -0.1) is 0 Å². The van der Waals surface area contributed by atoms with Crippen molar-refractivity contribution in [1.29, 1.82) is 0 Å². The summed E-state index contributed by atoms with van der Waals surface area (Å²) >= 11 is 0. The molecule has 2 heterocycles. The third-order valence-electron chi connectivity index (χ3n) is 4.57. The van der Waals surface area contributed by atoms with Gasteiger partial charge in [0.25, 0.3) is 0 Å². The first kappa shape index (κ1) is 15.7. The van der Waals surface area contributed by atoms with E-state index in [1.165, 1.54) is 0 Å². The Labute approximate surface area is 132 Å². The third kappa shape index (κ3) is 3.57. The second-order valence-corrected chi connectivity index (χ2v) is 8.34. The lowest BCUT2D eigenvalue weighted by atomic mass is 10.1. The third-order valence-corrected chi connectivity index (χ3v) is 6.49. The zero-order valence-corrected chi connectivity index (χ0v) is 13.8. The molecule has 1 atom stereocenters. The van der Waals surface area contributed by atoms with Gasteiger partial charge in [0.2, 0.25) is 16.0 Å². The van der Waals surface area contributed by atoms with Crippen molar-refractivity contribution < 1.29 is 8.42 Å². The van der Waals surface area contributed by atoms with Crippen molar-refractivity contribution in [2.45, 2.75) is 56.7 Å². The van der Waals surface area contributed by atoms with Crippen LogP contribution >= 0.6 is 0 Å². The maximum Gasteiger partial charge on any atom is 0.225 e. The molecule has 6 nitrogen and oxygen atoms in total. The lowest BCUT2D eigenvalue weighted by Crippen LogP contribution is -2.48. The fourth-order valence-corrected chi connectivity index (χ4v) is 5.08. The fraction of sp³-hybridized carbons (Fsp3) is 0.733. The Hall–Kier alpha value is -1.21. The van der Waals surface area contributed by atoms with Crippen LogP contribution in [0.5, 0.6) is 0 Å². The summed E-state index contributed by atoms with van der Waals surface area (Å²) in [6, 6.07) is 1.99. The molecule has 1 saturated carbocycles. The van der Waals surface area contributed by atoms with Crippen LogP contribution in [0.3, 0.4) is 0 Å². The van der Waals surface area contributed by atoms with E-state index in [2.05, 4.69) is 14.7 Å². The molecular weight excluding hydrogens is 300 g/mol. The average Bonchev–Trinajstić information content (AvgIpc) is 3.00. The Morgan fingerprint density at radius 2 is 2.00 bits per heavy atom. The Morgan fingerprint density at radius 1 is 1.23 bits per heavy atom. The number of aromatic nitrogens is 2. The maximum absolute atomic E-state index is 12.6. The van der Waals surface area contributed by atoms with Crippen molar-refractivity contribution in [1.82, 2.24) is 14.7 Å². The van der Waals surface area contributed by atoms with Crippen LogP contribution in [0.15, 0.2) is 12.3 Å². The predicted molar refractivity (Wildman–Crippen MR) is 86.3 cm³/mol. The van der Waals surface area contributed by atoms with Crippen molar-refractivity contribution in [2.24, 2.45) is 0 Å². The number of aryl methyl sites for hydroxylation is 1. The number of sulfonamides is 1. The van der Waals surface area contributed by atoms with Gasteiger partial charge < -0.3 is 4.90 Å². The van der Waals surface area contributed by atoms with E-state index in [-0.39, 0.29) is 11.3 Å². The number of hydrogen-bond acceptors (Lipinski definition) is 5. The highest BCUT2D eigenvalue weighted by Crippen LogP contribution is 2.23. The summed E-state index contributed by atoms with van der Waals surface area (Å²) < 4.78 is 28.1. The molecule has 22 heavy (non-hydrogen) atoms. The van der Waals surface area contributed by atoms with Gasteiger partial charge in [0.05, 0.1) is 5.25 Å². The standard InChI is InChI=1S/C15H24N4O2S/c1-12-8-9-16-15(17-12)19-10-4-7-14(11-19)22(20,21)18-13-5-2-3-6-13/h8-9,13-14,18H,2-7,10-11H2,1H3/t14-/m0/s1. The van der Waals surface area contributed by atoms with Crippen LogP contribution in [0.2, 0.25) is 0 Å². The van der Waals surface area contributed by atoms with Crippen LogP contribution in [-0.2, 0) is 10.0 Å². The fourth-order valence-electron chi connectivity index (χ4n) is 3.33. The zero-order chi connectivity index (χ0) is 15.6. The van der Waals surface area contributed by atoms with E-state index >= 15 is 0 Å². The smallest absolute Gasteiger partial charge is 0.225 e. The minimum absolute atomic E-state index is 0.135. The Morgan fingerprint density at radius 3 is 2.73 bits per heavy atom. The van der Waals surface area contributed by atoms with Crippen molar-refractivity contribution in [3.63, 3.8) is 0 Å². The molecule has 0 amide bonds. The first-order chi connectivity index (χ1) is 10.5. The van der Waals surface area contributed by atoms with Gasteiger partial charge in [0.1, 0.15) is 0 Å². The molecule has 1 aliphatic carbocycles. The van der Waals surface area contributed by atoms with Gasteiger partial charge in [-0.3, -0.25) is 0 Å². The van der Waals surface area contributed by atoms with Crippen LogP contribution in [0.25, 0.3) is 0 Å². The molecule has 1 aromatic rings. The molecule has 0 radical (unpaired) electrons. The van der Waals surface area contributed by atoms with Crippen LogP contribution in [0.1, 0.15) is 44.2 Å². The Kier molecular flexibility index (Phi) is 4.63. The molecule has 122 valence electrons. The molecule has 0 bridgehead atoms. The highest BCUT2D eigenvalue weighted by molar-refractivity contribution is 7.90. The molecule has 2 aliphatic rings. The summed E-state index contributed by atoms with van der Waals surface area (Å²) in [4.78, 5) is 10.7. The van der Waals surface area contributed by atoms with E-state index in [1.54, 1.807) is 6.20 Å². The number of rotatable bonds is 4. The SMILES string of the molecule is Cc1ccnc(N2CCC[C@H](S(=O)(=O)NC3CCCC3)C2)n1. The molecule has 1 aromatic heterocycles. The first-order valence-electron chi connectivity index (χ1n) is 8.10. The highest BCUT2D eigenvalue weighted by Gasteiger charge is 2.33. The molecule has 1 aliphatic heterocycles. The summed E-state index contributed by atoms with van der Waals surface area (Å²) in [5, 5.41) is -0.369. The molecule has 1 saturated heterocycles. The normalized spacial score (nSPS) is 23.9. The van der Waals surface area contributed by atoms with E-state index in [9.17, 15) is 8.42 Å². The quantitative estimate of drug-likeness (QED) is 0.911. The number of anilines is 1. The van der Waals surface area contributed by atoms with E-state index in [4.69, 9.17) is 0 Å². The number of piperidine rings is 1. The second-order valence-electron chi connectivity index (χ2n) is 6.35. The average molecular weight is 324 g/mol. The van der Waals surface area contributed by atoms with Crippen molar-refractivity contribution in [2.75, 3.05) is 18.0 Å². The van der Waals surface area contributed by atoms with E-state index in [0.29, 0.717) is 18.9 Å². The number of nitrogens with one attached hydrogen (secondary N) is 1. The lowest BCUT2D eigenvalue weighted by molar-refractivity contribution is 0.503. The Bertz CT molecular complexity index is 614. The molecule has 2 fully saturated rings. The van der Waals surface area contributed by atoms with Gasteiger partial charge in [-0.1, -0.05) is 12.8 Å². The topological polar surface area (TPSA) is 75.2 Å². The molecule has 0 aromatic carbocycles. The number of hydrogen-bond donors (Lipinski definition) is 1. The van der Waals surface area contributed by atoms with Crippen LogP contribution in [-0.4, -0.2) is 42.8 Å². The zero-order valence-electron chi connectivity index (χ0n) is 13.0. The highest BCUT2D eigenvalue weighted by atomic mass is 32.2. The van der Waals surface area contributed by atoms with Crippen LogP contribution < -0.4 is 9.62 Å². The van der Waals surface area contributed by atoms with Gasteiger partial charge >= 0.3 is 0 Å². The largest absolute Gasteiger partial charge is 0.339 e. The second kappa shape index (κ2) is 6.50. The molecule has 0 spiro atoms. The van der Waals surface area contributed by atoms with Crippen molar-refractivity contribution in [3.8, 4) is 0 Å². The minimum atomic E-state index is -3.27. The van der Waals surface area contributed by atoms with Gasteiger partial charge in [0, 0.05) is 31.0 Å². The molecule has 1 N–H and O–H groups in total. The summed E-state index contributed by atoms with van der Waals surface area (Å²) in [7, 11) is -3.27. The summed E-state index contributed by atoms with van der Waals surface area (Å²) in [5.41, 5.74) is 0.902. The summed E-state index contributed by atoms with van der Waals surface area (Å²) in [6.07, 6.45) is 7.49. The lowest BCUT2D eigenvalue weighted by Gasteiger charge is -2.33. The van der Waals surface area contributed by atoms with E-state index < -0.39 is 10.0 Å². The van der Waals surface area contributed by atoms with Crippen molar-refractivity contribution in [3.05, 3.63) is 18.0 Å². The molecular formula is C15H24N4O2S. The van der Waals surface area contributed by atoms with Gasteiger partial charge in [-0.2, -0.15) is 0 Å². The monoisotopic (exact) mass is 324 g/mol. The van der Waals surface area contributed by atoms with E-state index in [1.807, 2.05) is 17.9 Å². The Balaban J connectivity index is 1.69. The van der Waals surface area contributed by atoms with E-state index in [0.717, 1.165) is 44.3 Å². The molecule has 7 heteroatoms. The van der Waals surface area contributed by atoms with Crippen LogP contribution in [0, 0.1) is 6.92 Å². The minimum Gasteiger partial charge on any atom is -0.339 e. The van der Waals surface area contributed by atoms with Gasteiger partial charge in [-0.25, -0.2) is 23.1 Å². The molecule has 0 unspecified atom stereocenters.